The van der Waals surface area contributed by atoms with Gasteiger partial charge in [0.05, 0.1) is 5.60 Å². The van der Waals surface area contributed by atoms with Crippen LogP contribution in [0.5, 0.6) is 0 Å². The quantitative estimate of drug-likeness (QED) is 0.775. The minimum Gasteiger partial charge on any atom is -0.375 e. The van der Waals surface area contributed by atoms with Gasteiger partial charge in [0.15, 0.2) is 0 Å². The Labute approximate surface area is 113 Å². The highest BCUT2D eigenvalue weighted by Gasteiger charge is 2.39. The standard InChI is InChI=1S/C16H31NO/c1-3-15(17-4-2)8-7-14-9-12-18-16(13-14)10-5-6-11-16/h14-15,17H,3-13H2,1-2H3. The number of nitrogens with one attached hydrogen (secondary N) is 1. The summed E-state index contributed by atoms with van der Waals surface area (Å²) in [5, 5.41) is 3.60. The van der Waals surface area contributed by atoms with Crippen LogP contribution in [0.15, 0.2) is 0 Å². The zero-order valence-electron chi connectivity index (χ0n) is 12.3. The third kappa shape index (κ3) is 3.71. The van der Waals surface area contributed by atoms with Crippen molar-refractivity contribution in [3.63, 3.8) is 0 Å². The second kappa shape index (κ2) is 6.91. The molecule has 2 fully saturated rings. The van der Waals surface area contributed by atoms with E-state index in [4.69, 9.17) is 4.74 Å². The van der Waals surface area contributed by atoms with Gasteiger partial charge in [0.1, 0.15) is 0 Å². The lowest BCUT2D eigenvalue weighted by Crippen LogP contribution is -2.38. The van der Waals surface area contributed by atoms with E-state index >= 15 is 0 Å². The van der Waals surface area contributed by atoms with Crippen LogP contribution in [0.3, 0.4) is 0 Å². The maximum absolute atomic E-state index is 6.12. The molecule has 1 N–H and O–H groups in total. The molecule has 0 amide bonds. The summed E-state index contributed by atoms with van der Waals surface area (Å²) >= 11 is 0. The highest BCUT2D eigenvalue weighted by Crippen LogP contribution is 2.43. The summed E-state index contributed by atoms with van der Waals surface area (Å²) < 4.78 is 6.12. The summed E-state index contributed by atoms with van der Waals surface area (Å²) in [6.07, 6.45) is 12.1. The molecule has 1 aliphatic heterocycles. The van der Waals surface area contributed by atoms with Crippen molar-refractivity contribution in [3.05, 3.63) is 0 Å². The zero-order chi connectivity index (χ0) is 12.8. The first-order valence-electron chi connectivity index (χ1n) is 8.15. The molecule has 18 heavy (non-hydrogen) atoms. The third-order valence-electron chi connectivity index (χ3n) is 5.02. The number of hydrogen-bond donors (Lipinski definition) is 1. The fourth-order valence-electron chi connectivity index (χ4n) is 3.92. The Balaban J connectivity index is 1.75. The molecule has 1 saturated carbocycles. The molecule has 2 rings (SSSR count). The molecule has 0 aromatic carbocycles. The van der Waals surface area contributed by atoms with Gasteiger partial charge < -0.3 is 10.1 Å². The first kappa shape index (κ1) is 14.3. The molecule has 0 radical (unpaired) electrons. The molecule has 2 nitrogen and oxygen atoms in total. The zero-order valence-corrected chi connectivity index (χ0v) is 12.3. The van der Waals surface area contributed by atoms with Gasteiger partial charge in [-0.05, 0) is 57.4 Å². The molecule has 0 bridgehead atoms. The van der Waals surface area contributed by atoms with Gasteiger partial charge in [-0.1, -0.05) is 26.7 Å². The summed E-state index contributed by atoms with van der Waals surface area (Å²) in [5.41, 5.74) is 0.308. The Kier molecular flexibility index (Phi) is 5.50. The van der Waals surface area contributed by atoms with Crippen LogP contribution in [0.2, 0.25) is 0 Å². The topological polar surface area (TPSA) is 21.3 Å². The Bertz CT molecular complexity index is 235. The van der Waals surface area contributed by atoms with Crippen molar-refractivity contribution in [2.24, 2.45) is 5.92 Å². The largest absolute Gasteiger partial charge is 0.375 e. The van der Waals surface area contributed by atoms with Crippen LogP contribution in [0.4, 0.5) is 0 Å². The van der Waals surface area contributed by atoms with Crippen molar-refractivity contribution in [1.82, 2.24) is 5.32 Å². The van der Waals surface area contributed by atoms with Gasteiger partial charge in [0.25, 0.3) is 0 Å². The molecule has 2 unspecified atom stereocenters. The Hall–Kier alpha value is -0.0800. The van der Waals surface area contributed by atoms with E-state index in [9.17, 15) is 0 Å². The molecule has 2 atom stereocenters. The predicted octanol–water partition coefficient (Wildman–Crippen LogP) is 3.89. The molecule has 1 aliphatic carbocycles. The molecule has 1 spiro atoms. The van der Waals surface area contributed by atoms with E-state index in [1.807, 2.05) is 0 Å². The second-order valence-corrected chi connectivity index (χ2v) is 6.34. The van der Waals surface area contributed by atoms with E-state index < -0.39 is 0 Å². The van der Waals surface area contributed by atoms with Crippen LogP contribution < -0.4 is 5.32 Å². The molecular weight excluding hydrogens is 222 g/mol. The summed E-state index contributed by atoms with van der Waals surface area (Å²) in [6.45, 7) is 6.64. The van der Waals surface area contributed by atoms with Crippen LogP contribution in [0.1, 0.15) is 71.6 Å². The van der Waals surface area contributed by atoms with Gasteiger partial charge in [-0.25, -0.2) is 0 Å². The molecule has 2 aliphatic rings. The van der Waals surface area contributed by atoms with Gasteiger partial charge in [-0.15, -0.1) is 0 Å². The molecule has 106 valence electrons. The van der Waals surface area contributed by atoms with Gasteiger partial charge >= 0.3 is 0 Å². The van der Waals surface area contributed by atoms with Crippen molar-refractivity contribution < 1.29 is 4.74 Å². The van der Waals surface area contributed by atoms with Crippen LogP contribution in [-0.4, -0.2) is 24.8 Å². The van der Waals surface area contributed by atoms with Crippen molar-refractivity contribution in [2.45, 2.75) is 83.3 Å². The van der Waals surface area contributed by atoms with E-state index in [1.165, 1.54) is 57.8 Å². The maximum Gasteiger partial charge on any atom is 0.0685 e. The third-order valence-corrected chi connectivity index (χ3v) is 5.02. The Morgan fingerprint density at radius 3 is 2.72 bits per heavy atom. The minimum absolute atomic E-state index is 0.308. The first-order chi connectivity index (χ1) is 8.78. The van der Waals surface area contributed by atoms with Crippen LogP contribution in [0, 0.1) is 5.92 Å². The van der Waals surface area contributed by atoms with E-state index in [0.717, 1.165) is 25.1 Å². The summed E-state index contributed by atoms with van der Waals surface area (Å²) in [5.74, 6) is 0.921. The predicted molar refractivity (Wildman–Crippen MR) is 76.9 cm³/mol. The monoisotopic (exact) mass is 253 g/mol. The molecule has 1 saturated heterocycles. The average molecular weight is 253 g/mol. The first-order valence-corrected chi connectivity index (χ1v) is 8.15. The van der Waals surface area contributed by atoms with Gasteiger partial charge in [0.2, 0.25) is 0 Å². The van der Waals surface area contributed by atoms with Crippen molar-refractivity contribution in [3.8, 4) is 0 Å². The second-order valence-electron chi connectivity index (χ2n) is 6.34. The van der Waals surface area contributed by atoms with E-state index in [1.54, 1.807) is 0 Å². The molecular formula is C16H31NO. The Morgan fingerprint density at radius 1 is 1.28 bits per heavy atom. The number of rotatable bonds is 6. The summed E-state index contributed by atoms with van der Waals surface area (Å²) in [6, 6.07) is 0.734. The SMILES string of the molecule is CCNC(CC)CCC1CCOC2(CCCC2)C1. The molecule has 0 aromatic heterocycles. The van der Waals surface area contributed by atoms with E-state index in [-0.39, 0.29) is 0 Å². The van der Waals surface area contributed by atoms with E-state index in [2.05, 4.69) is 19.2 Å². The van der Waals surface area contributed by atoms with Crippen LogP contribution >= 0.6 is 0 Å². The number of hydrogen-bond acceptors (Lipinski definition) is 2. The van der Waals surface area contributed by atoms with Crippen molar-refractivity contribution in [2.75, 3.05) is 13.2 Å². The highest BCUT2D eigenvalue weighted by molar-refractivity contribution is 4.91. The lowest BCUT2D eigenvalue weighted by atomic mass is 9.81. The highest BCUT2D eigenvalue weighted by atomic mass is 16.5. The van der Waals surface area contributed by atoms with Gasteiger partial charge in [0, 0.05) is 12.6 Å². The summed E-state index contributed by atoms with van der Waals surface area (Å²) in [4.78, 5) is 0. The average Bonchev–Trinajstić information content (AvgIpc) is 2.82. The maximum atomic E-state index is 6.12. The molecule has 1 heterocycles. The van der Waals surface area contributed by atoms with Crippen molar-refractivity contribution >= 4 is 0 Å². The number of ether oxygens (including phenoxy) is 1. The lowest BCUT2D eigenvalue weighted by molar-refractivity contribution is -0.0941. The van der Waals surface area contributed by atoms with Crippen LogP contribution in [0.25, 0.3) is 0 Å². The normalized spacial score (nSPS) is 28.7. The summed E-state index contributed by atoms with van der Waals surface area (Å²) in [7, 11) is 0. The molecule has 2 heteroatoms. The van der Waals surface area contributed by atoms with Crippen LogP contribution in [-0.2, 0) is 4.74 Å². The lowest BCUT2D eigenvalue weighted by Gasteiger charge is -2.38. The van der Waals surface area contributed by atoms with Gasteiger partial charge in [-0.2, -0.15) is 0 Å². The minimum atomic E-state index is 0.308. The van der Waals surface area contributed by atoms with Crippen molar-refractivity contribution in [1.29, 1.82) is 0 Å². The fraction of sp³-hybridized carbons (Fsp3) is 1.00. The van der Waals surface area contributed by atoms with E-state index in [0.29, 0.717) is 5.60 Å². The van der Waals surface area contributed by atoms with Gasteiger partial charge in [-0.3, -0.25) is 0 Å². The fourth-order valence-corrected chi connectivity index (χ4v) is 3.92. The molecule has 0 aromatic rings. The smallest absolute Gasteiger partial charge is 0.0685 e. The Morgan fingerprint density at radius 2 is 2.06 bits per heavy atom.